The molecule has 1 aliphatic heterocycles. The summed E-state index contributed by atoms with van der Waals surface area (Å²) in [4.78, 5) is 12.4. The number of amides is 1. The van der Waals surface area contributed by atoms with Crippen LogP contribution in [0.1, 0.15) is 23.5 Å². The van der Waals surface area contributed by atoms with Crippen molar-refractivity contribution in [3.63, 3.8) is 0 Å². The van der Waals surface area contributed by atoms with Crippen molar-refractivity contribution < 1.29 is 14.3 Å². The van der Waals surface area contributed by atoms with E-state index >= 15 is 0 Å². The summed E-state index contributed by atoms with van der Waals surface area (Å²) in [6, 6.07) is 15.4. The third-order valence-corrected chi connectivity index (χ3v) is 4.79. The first-order valence-electron chi connectivity index (χ1n) is 9.05. The molecule has 0 saturated carbocycles. The van der Waals surface area contributed by atoms with E-state index in [1.165, 1.54) is 0 Å². The van der Waals surface area contributed by atoms with Gasteiger partial charge in [-0.3, -0.25) is 4.79 Å². The summed E-state index contributed by atoms with van der Waals surface area (Å²) < 4.78 is 12.5. The van der Waals surface area contributed by atoms with Crippen molar-refractivity contribution in [1.29, 1.82) is 0 Å². The Hall–Kier alpha value is -3.54. The van der Waals surface area contributed by atoms with Crippen LogP contribution in [-0.4, -0.2) is 29.4 Å². The van der Waals surface area contributed by atoms with Crippen LogP contribution in [0.15, 0.2) is 67.4 Å². The average molecular weight is 375 g/mol. The van der Waals surface area contributed by atoms with Gasteiger partial charge >= 0.3 is 0 Å². The number of hydrogen-bond acceptors (Lipinski definition) is 4. The van der Waals surface area contributed by atoms with Gasteiger partial charge in [0.2, 0.25) is 5.91 Å². The highest BCUT2D eigenvalue weighted by Crippen LogP contribution is 2.38. The van der Waals surface area contributed by atoms with Crippen molar-refractivity contribution in [1.82, 2.24) is 9.78 Å². The van der Waals surface area contributed by atoms with Gasteiger partial charge in [-0.25, -0.2) is 4.68 Å². The molecule has 28 heavy (non-hydrogen) atoms. The van der Waals surface area contributed by atoms with Crippen LogP contribution in [0.3, 0.4) is 0 Å². The number of rotatable bonds is 6. The van der Waals surface area contributed by atoms with Crippen LogP contribution in [-0.2, 0) is 4.79 Å². The molecule has 142 valence electrons. The van der Waals surface area contributed by atoms with Crippen LogP contribution >= 0.6 is 0 Å². The van der Waals surface area contributed by atoms with Crippen LogP contribution < -0.4 is 14.8 Å². The molecule has 1 unspecified atom stereocenters. The summed E-state index contributed by atoms with van der Waals surface area (Å²) in [6.45, 7) is 4.11. The quantitative estimate of drug-likeness (QED) is 0.663. The molecule has 6 heteroatoms. The van der Waals surface area contributed by atoms with Gasteiger partial charge in [-0.1, -0.05) is 24.8 Å². The first-order chi connectivity index (χ1) is 13.7. The lowest BCUT2D eigenvalue weighted by molar-refractivity contribution is -0.116. The molecule has 1 amide bonds. The Morgan fingerprint density at radius 2 is 1.89 bits per heavy atom. The number of benzene rings is 2. The number of nitrogens with one attached hydrogen (secondary N) is 1. The summed E-state index contributed by atoms with van der Waals surface area (Å²) in [6.07, 6.45) is 3.92. The molecular formula is C22H21N3O3. The summed E-state index contributed by atoms with van der Waals surface area (Å²) in [5.41, 5.74) is 2.91. The fraction of sp³-hybridized carbons (Fsp3) is 0.182. The highest BCUT2D eigenvalue weighted by molar-refractivity contribution is 5.94. The zero-order valence-electron chi connectivity index (χ0n) is 15.6. The smallest absolute Gasteiger partial charge is 0.226 e. The summed E-state index contributed by atoms with van der Waals surface area (Å²) in [5.74, 6) is 2.17. The van der Waals surface area contributed by atoms with Crippen molar-refractivity contribution in [3.8, 4) is 17.2 Å². The largest absolute Gasteiger partial charge is 0.497 e. The molecule has 0 radical (unpaired) electrons. The van der Waals surface area contributed by atoms with Crippen molar-refractivity contribution in [2.45, 2.75) is 12.3 Å². The van der Waals surface area contributed by atoms with Crippen LogP contribution in [0, 0.1) is 0 Å². The molecule has 0 aliphatic carbocycles. The van der Waals surface area contributed by atoms with Gasteiger partial charge in [-0.2, -0.15) is 5.10 Å². The molecule has 3 aromatic rings. The van der Waals surface area contributed by atoms with E-state index in [4.69, 9.17) is 9.47 Å². The number of carbonyl (C=O) groups is 1. The predicted molar refractivity (Wildman–Crippen MR) is 107 cm³/mol. The van der Waals surface area contributed by atoms with Crippen LogP contribution in [0.5, 0.6) is 11.5 Å². The SMILES string of the molecule is C=CCOc1ccc(C2CC(=O)Nc3c2cnn3-c2ccc(OC)cc2)cc1. The zero-order chi connectivity index (χ0) is 19.5. The standard InChI is InChI=1S/C22H21N3O3/c1-3-12-28-18-8-4-15(5-9-18)19-13-21(26)24-22-20(19)14-23-25(22)16-6-10-17(27-2)11-7-16/h3-11,14,19H,1,12-13H2,2H3,(H,24,26). The Kier molecular flexibility index (Phi) is 4.85. The van der Waals surface area contributed by atoms with E-state index < -0.39 is 0 Å². The fourth-order valence-corrected chi connectivity index (χ4v) is 3.39. The number of aromatic nitrogens is 2. The number of ether oxygens (including phenoxy) is 2. The van der Waals surface area contributed by atoms with Crippen LogP contribution in [0.2, 0.25) is 0 Å². The first kappa shape index (κ1) is 17.9. The van der Waals surface area contributed by atoms with E-state index in [0.717, 1.165) is 28.3 Å². The molecule has 1 atom stereocenters. The first-order valence-corrected chi connectivity index (χ1v) is 9.05. The number of hydrogen-bond donors (Lipinski definition) is 1. The number of fused-ring (bicyclic) bond motifs is 1. The van der Waals surface area contributed by atoms with Crippen LogP contribution in [0.25, 0.3) is 5.69 Å². The Morgan fingerprint density at radius 3 is 2.57 bits per heavy atom. The minimum Gasteiger partial charge on any atom is -0.497 e. The maximum Gasteiger partial charge on any atom is 0.226 e. The van der Waals surface area contributed by atoms with Gasteiger partial charge in [0.25, 0.3) is 0 Å². The second-order valence-corrected chi connectivity index (χ2v) is 6.53. The molecule has 4 rings (SSSR count). The molecule has 1 aliphatic rings. The lowest BCUT2D eigenvalue weighted by atomic mass is 9.87. The maximum absolute atomic E-state index is 12.4. The number of carbonyl (C=O) groups excluding carboxylic acids is 1. The molecule has 0 fully saturated rings. The van der Waals surface area contributed by atoms with Crippen molar-refractivity contribution >= 4 is 11.7 Å². The Balaban J connectivity index is 1.67. The minimum absolute atomic E-state index is 0.0280. The van der Waals surface area contributed by atoms with E-state index in [2.05, 4.69) is 17.0 Å². The summed E-state index contributed by atoms with van der Waals surface area (Å²) in [7, 11) is 1.63. The fourth-order valence-electron chi connectivity index (χ4n) is 3.39. The molecule has 1 N–H and O–H groups in total. The van der Waals surface area contributed by atoms with Gasteiger partial charge in [0.1, 0.15) is 23.9 Å². The highest BCUT2D eigenvalue weighted by atomic mass is 16.5. The lowest BCUT2D eigenvalue weighted by Crippen LogP contribution is -2.24. The molecule has 0 saturated heterocycles. The summed E-state index contributed by atoms with van der Waals surface area (Å²) >= 11 is 0. The van der Waals surface area contributed by atoms with E-state index in [-0.39, 0.29) is 11.8 Å². The van der Waals surface area contributed by atoms with Gasteiger partial charge in [-0.15, -0.1) is 0 Å². The topological polar surface area (TPSA) is 65.4 Å². The number of nitrogens with zero attached hydrogens (tertiary/aromatic N) is 2. The maximum atomic E-state index is 12.4. The van der Waals surface area contributed by atoms with Gasteiger partial charge in [0, 0.05) is 17.9 Å². The third-order valence-electron chi connectivity index (χ3n) is 4.79. The normalized spacial score (nSPS) is 15.5. The number of methoxy groups -OCH3 is 1. The molecule has 6 nitrogen and oxygen atoms in total. The highest BCUT2D eigenvalue weighted by Gasteiger charge is 2.30. The van der Waals surface area contributed by atoms with Gasteiger partial charge in [-0.05, 0) is 42.0 Å². The Labute approximate surface area is 163 Å². The Morgan fingerprint density at radius 1 is 1.18 bits per heavy atom. The molecule has 2 heterocycles. The molecule has 2 aromatic carbocycles. The van der Waals surface area contributed by atoms with E-state index in [1.807, 2.05) is 54.7 Å². The van der Waals surface area contributed by atoms with Gasteiger partial charge in [0.05, 0.1) is 19.0 Å². The van der Waals surface area contributed by atoms with E-state index in [0.29, 0.717) is 18.8 Å². The molecule has 0 spiro atoms. The minimum atomic E-state index is -0.0517. The third kappa shape index (κ3) is 3.36. The molecular weight excluding hydrogens is 354 g/mol. The lowest BCUT2D eigenvalue weighted by Gasteiger charge is -2.24. The van der Waals surface area contributed by atoms with Gasteiger partial charge in [0.15, 0.2) is 0 Å². The zero-order valence-corrected chi connectivity index (χ0v) is 15.6. The van der Waals surface area contributed by atoms with Crippen LogP contribution in [0.4, 0.5) is 5.82 Å². The monoisotopic (exact) mass is 375 g/mol. The average Bonchev–Trinajstić information content (AvgIpc) is 3.16. The molecule has 1 aromatic heterocycles. The second kappa shape index (κ2) is 7.60. The van der Waals surface area contributed by atoms with E-state index in [1.54, 1.807) is 17.9 Å². The predicted octanol–water partition coefficient (Wildman–Crippen LogP) is 3.92. The van der Waals surface area contributed by atoms with Crippen molar-refractivity contribution in [2.24, 2.45) is 0 Å². The molecule has 0 bridgehead atoms. The Bertz CT molecular complexity index is 991. The summed E-state index contributed by atoms with van der Waals surface area (Å²) in [5, 5.41) is 7.49. The van der Waals surface area contributed by atoms with Crippen molar-refractivity contribution in [2.75, 3.05) is 19.0 Å². The van der Waals surface area contributed by atoms with Crippen molar-refractivity contribution in [3.05, 3.63) is 78.5 Å². The second-order valence-electron chi connectivity index (χ2n) is 6.53. The number of anilines is 1. The van der Waals surface area contributed by atoms with Gasteiger partial charge < -0.3 is 14.8 Å². The van der Waals surface area contributed by atoms with E-state index in [9.17, 15) is 4.79 Å².